The third-order valence-corrected chi connectivity index (χ3v) is 5.61. The minimum atomic E-state index is -0.504. The first kappa shape index (κ1) is 21.3. The van der Waals surface area contributed by atoms with E-state index >= 15 is 0 Å². The van der Waals surface area contributed by atoms with Crippen LogP contribution in [0, 0.1) is 11.2 Å². The molecule has 0 atom stereocenters. The largest absolute Gasteiger partial charge is 0.348 e. The van der Waals surface area contributed by atoms with Gasteiger partial charge in [0.1, 0.15) is 22.6 Å². The highest BCUT2D eigenvalue weighted by Crippen LogP contribution is 2.13. The van der Waals surface area contributed by atoms with Crippen molar-refractivity contribution in [3.63, 3.8) is 0 Å². The Labute approximate surface area is 193 Å². The highest BCUT2D eigenvalue weighted by molar-refractivity contribution is 5.96. The van der Waals surface area contributed by atoms with Crippen LogP contribution >= 0.6 is 0 Å². The number of nitrogens with one attached hydrogen (secondary N) is 2. The SMILES string of the molecule is N=c1c(C(=O)NCc2ccc(F)cc2)cc2c(=O)n3ccccc3nc2n1Cc1ccccc1. The van der Waals surface area contributed by atoms with E-state index in [1.807, 2.05) is 30.3 Å². The van der Waals surface area contributed by atoms with Gasteiger partial charge in [0.15, 0.2) is 0 Å². The Morgan fingerprint density at radius 1 is 0.971 bits per heavy atom. The molecule has 0 bridgehead atoms. The number of hydrogen-bond acceptors (Lipinski definition) is 4. The molecule has 0 unspecified atom stereocenters. The van der Waals surface area contributed by atoms with Crippen LogP contribution in [0.3, 0.4) is 0 Å². The summed E-state index contributed by atoms with van der Waals surface area (Å²) in [5.41, 5.74) is 2.08. The van der Waals surface area contributed by atoms with Gasteiger partial charge in [-0.3, -0.25) is 19.4 Å². The van der Waals surface area contributed by atoms with Gasteiger partial charge < -0.3 is 9.88 Å². The summed E-state index contributed by atoms with van der Waals surface area (Å²) < 4.78 is 16.2. The molecule has 0 aliphatic carbocycles. The molecule has 5 rings (SSSR count). The Kier molecular flexibility index (Phi) is 5.47. The Balaban J connectivity index is 1.64. The summed E-state index contributed by atoms with van der Waals surface area (Å²) in [6.07, 6.45) is 1.62. The van der Waals surface area contributed by atoms with E-state index in [0.29, 0.717) is 16.9 Å². The van der Waals surface area contributed by atoms with Crippen molar-refractivity contribution in [2.75, 3.05) is 0 Å². The highest BCUT2D eigenvalue weighted by Gasteiger charge is 2.17. The second-order valence-electron chi connectivity index (χ2n) is 7.87. The molecular weight excluding hydrogens is 433 g/mol. The van der Waals surface area contributed by atoms with E-state index in [-0.39, 0.29) is 40.9 Å². The number of benzene rings is 2. The first-order valence-corrected chi connectivity index (χ1v) is 10.7. The number of halogens is 1. The van der Waals surface area contributed by atoms with E-state index in [0.717, 1.165) is 5.56 Å². The summed E-state index contributed by atoms with van der Waals surface area (Å²) in [5.74, 6) is -0.865. The van der Waals surface area contributed by atoms with Gasteiger partial charge in [0.05, 0.1) is 17.5 Å². The van der Waals surface area contributed by atoms with Gasteiger partial charge in [0.2, 0.25) is 0 Å². The molecule has 8 heteroatoms. The maximum absolute atomic E-state index is 13.3. The molecule has 0 saturated heterocycles. The number of hydrogen-bond donors (Lipinski definition) is 2. The lowest BCUT2D eigenvalue weighted by Crippen LogP contribution is -2.35. The molecule has 0 fully saturated rings. The summed E-state index contributed by atoms with van der Waals surface area (Å²) in [7, 11) is 0. The van der Waals surface area contributed by atoms with Crippen LogP contribution < -0.4 is 16.4 Å². The third kappa shape index (κ3) is 3.97. The van der Waals surface area contributed by atoms with E-state index in [1.54, 1.807) is 41.1 Å². The van der Waals surface area contributed by atoms with Crippen LogP contribution in [0.25, 0.3) is 16.7 Å². The van der Waals surface area contributed by atoms with Gasteiger partial charge in [-0.25, -0.2) is 9.37 Å². The zero-order chi connectivity index (χ0) is 23.7. The molecule has 2 aromatic carbocycles. The smallest absolute Gasteiger partial charge is 0.267 e. The molecule has 0 radical (unpaired) electrons. The minimum absolute atomic E-state index is 0.0554. The normalized spacial score (nSPS) is 11.1. The van der Waals surface area contributed by atoms with Crippen LogP contribution in [0.4, 0.5) is 4.39 Å². The van der Waals surface area contributed by atoms with E-state index in [4.69, 9.17) is 5.41 Å². The first-order chi connectivity index (χ1) is 16.5. The molecule has 0 aliphatic heterocycles. The van der Waals surface area contributed by atoms with Crippen molar-refractivity contribution < 1.29 is 9.18 Å². The van der Waals surface area contributed by atoms with Gasteiger partial charge in [-0.15, -0.1) is 0 Å². The van der Waals surface area contributed by atoms with Crippen molar-refractivity contribution in [2.24, 2.45) is 0 Å². The number of fused-ring (bicyclic) bond motifs is 2. The lowest BCUT2D eigenvalue weighted by Gasteiger charge is -2.15. The van der Waals surface area contributed by atoms with Gasteiger partial charge in [-0.1, -0.05) is 48.5 Å². The van der Waals surface area contributed by atoms with Gasteiger partial charge in [0.25, 0.3) is 11.5 Å². The number of aromatic nitrogens is 3. The molecule has 0 saturated carbocycles. The average molecular weight is 453 g/mol. The Hall–Kier alpha value is -4.59. The van der Waals surface area contributed by atoms with Crippen LogP contribution in [0.1, 0.15) is 21.5 Å². The molecule has 1 amide bonds. The number of rotatable bonds is 5. The average Bonchev–Trinajstić information content (AvgIpc) is 2.86. The van der Waals surface area contributed by atoms with Crippen molar-refractivity contribution in [1.29, 1.82) is 5.41 Å². The summed E-state index contributed by atoms with van der Waals surface area (Å²) in [4.78, 5) is 31.0. The van der Waals surface area contributed by atoms with Crippen molar-refractivity contribution in [1.82, 2.24) is 19.3 Å². The van der Waals surface area contributed by atoms with Gasteiger partial charge in [-0.2, -0.15) is 0 Å². The Morgan fingerprint density at radius 3 is 2.47 bits per heavy atom. The summed E-state index contributed by atoms with van der Waals surface area (Å²) in [6, 6.07) is 21.9. The summed E-state index contributed by atoms with van der Waals surface area (Å²) in [5, 5.41) is 11.8. The topological polar surface area (TPSA) is 92.2 Å². The molecule has 2 N–H and O–H groups in total. The van der Waals surface area contributed by atoms with E-state index in [9.17, 15) is 14.0 Å². The quantitative estimate of drug-likeness (QED) is 0.400. The second-order valence-corrected chi connectivity index (χ2v) is 7.87. The fraction of sp³-hybridized carbons (Fsp3) is 0.0769. The number of carbonyl (C=O) groups excluding carboxylic acids is 1. The van der Waals surface area contributed by atoms with E-state index in [2.05, 4.69) is 10.3 Å². The van der Waals surface area contributed by atoms with Crippen molar-refractivity contribution >= 4 is 22.6 Å². The van der Waals surface area contributed by atoms with Crippen LogP contribution in [-0.2, 0) is 13.1 Å². The monoisotopic (exact) mass is 453 g/mol. The highest BCUT2D eigenvalue weighted by atomic mass is 19.1. The molecule has 3 aromatic heterocycles. The van der Waals surface area contributed by atoms with Crippen LogP contribution in [0.5, 0.6) is 0 Å². The van der Waals surface area contributed by atoms with Gasteiger partial charge in [0, 0.05) is 12.7 Å². The number of nitrogens with zero attached hydrogens (tertiary/aromatic N) is 3. The summed E-state index contributed by atoms with van der Waals surface area (Å²) >= 11 is 0. The van der Waals surface area contributed by atoms with Crippen LogP contribution in [-0.4, -0.2) is 19.9 Å². The molecule has 34 heavy (non-hydrogen) atoms. The number of amides is 1. The molecule has 3 heterocycles. The van der Waals surface area contributed by atoms with Crippen LogP contribution in [0.2, 0.25) is 0 Å². The zero-order valence-corrected chi connectivity index (χ0v) is 18.0. The molecule has 7 nitrogen and oxygen atoms in total. The lowest BCUT2D eigenvalue weighted by molar-refractivity contribution is 0.0948. The predicted octanol–water partition coefficient (Wildman–Crippen LogP) is 3.25. The molecular formula is C26H20FN5O2. The van der Waals surface area contributed by atoms with Gasteiger partial charge in [-0.05, 0) is 41.5 Å². The van der Waals surface area contributed by atoms with Crippen LogP contribution in [0.15, 0.2) is 89.9 Å². The standard InChI is InChI=1S/C26H20FN5O2/c27-19-11-9-17(10-12-19)15-29-25(33)20-14-21-24(30-22-8-4-5-13-31(22)26(21)34)32(23(20)28)16-18-6-2-1-3-7-18/h1-14,28H,15-16H2,(H,29,33). The van der Waals surface area contributed by atoms with Crippen molar-refractivity contribution in [2.45, 2.75) is 13.1 Å². The maximum atomic E-state index is 13.3. The predicted molar refractivity (Wildman–Crippen MR) is 126 cm³/mol. The number of carbonyl (C=O) groups is 1. The molecule has 168 valence electrons. The lowest BCUT2D eigenvalue weighted by atomic mass is 10.1. The maximum Gasteiger partial charge on any atom is 0.267 e. The fourth-order valence-corrected chi connectivity index (χ4v) is 3.86. The van der Waals surface area contributed by atoms with E-state index < -0.39 is 5.91 Å². The third-order valence-electron chi connectivity index (χ3n) is 5.61. The molecule has 0 aliphatic rings. The second kappa shape index (κ2) is 8.74. The summed E-state index contributed by atoms with van der Waals surface area (Å²) in [6.45, 7) is 0.426. The van der Waals surface area contributed by atoms with Gasteiger partial charge >= 0.3 is 0 Å². The zero-order valence-electron chi connectivity index (χ0n) is 18.0. The Morgan fingerprint density at radius 2 is 1.71 bits per heavy atom. The first-order valence-electron chi connectivity index (χ1n) is 10.7. The van der Waals surface area contributed by atoms with Crippen molar-refractivity contribution in [3.05, 3.63) is 123 Å². The van der Waals surface area contributed by atoms with Crippen molar-refractivity contribution in [3.8, 4) is 0 Å². The Bertz CT molecular complexity index is 1640. The molecule has 5 aromatic rings. The minimum Gasteiger partial charge on any atom is -0.348 e. The fourth-order valence-electron chi connectivity index (χ4n) is 3.86. The van der Waals surface area contributed by atoms with E-state index in [1.165, 1.54) is 22.6 Å². The number of pyridine rings is 2. The molecule has 0 spiro atoms.